The summed E-state index contributed by atoms with van der Waals surface area (Å²) in [5.74, 6) is 0.637. The summed E-state index contributed by atoms with van der Waals surface area (Å²) in [5.41, 5.74) is 1.40. The molecule has 2 rings (SSSR count). The summed E-state index contributed by atoms with van der Waals surface area (Å²) < 4.78 is 0. The predicted octanol–water partition coefficient (Wildman–Crippen LogP) is 3.07. The fraction of sp³-hybridized carbons (Fsp3) is 0.625. The van der Waals surface area contributed by atoms with Gasteiger partial charge in [-0.3, -0.25) is 0 Å². The van der Waals surface area contributed by atoms with Gasteiger partial charge in [0.15, 0.2) is 0 Å². The zero-order chi connectivity index (χ0) is 13.0. The molecule has 0 aliphatic heterocycles. The van der Waals surface area contributed by atoms with E-state index in [0.29, 0.717) is 12.0 Å². The van der Waals surface area contributed by atoms with Crippen molar-refractivity contribution in [3.8, 4) is 0 Å². The van der Waals surface area contributed by atoms with Gasteiger partial charge >= 0.3 is 0 Å². The maximum Gasteiger partial charge on any atom is 0.0355 e. The molecule has 2 nitrogen and oxygen atoms in total. The molecule has 2 unspecified atom stereocenters. The minimum absolute atomic E-state index is 0.457. The van der Waals surface area contributed by atoms with E-state index in [2.05, 4.69) is 61.4 Å². The molecular formula is C16H26N2. The summed E-state index contributed by atoms with van der Waals surface area (Å²) in [5, 5.41) is 3.48. The molecule has 18 heavy (non-hydrogen) atoms. The van der Waals surface area contributed by atoms with Crippen molar-refractivity contribution in [1.29, 1.82) is 0 Å². The van der Waals surface area contributed by atoms with Gasteiger partial charge in [0.25, 0.3) is 0 Å². The highest BCUT2D eigenvalue weighted by Crippen LogP contribution is 2.29. The van der Waals surface area contributed by atoms with Crippen molar-refractivity contribution in [3.63, 3.8) is 0 Å². The molecule has 0 radical (unpaired) electrons. The zero-order valence-corrected chi connectivity index (χ0v) is 11.9. The lowest BCUT2D eigenvalue weighted by molar-refractivity contribution is 0.214. The molecule has 0 saturated heterocycles. The Balaban J connectivity index is 1.98. The summed E-state index contributed by atoms with van der Waals surface area (Å²) in [4.78, 5) is 2.64. The van der Waals surface area contributed by atoms with E-state index >= 15 is 0 Å². The van der Waals surface area contributed by atoms with Gasteiger partial charge in [-0.25, -0.2) is 0 Å². The molecule has 1 aliphatic carbocycles. The number of hydrogen-bond acceptors (Lipinski definition) is 2. The molecule has 1 saturated carbocycles. The van der Waals surface area contributed by atoms with Gasteiger partial charge in [-0.15, -0.1) is 0 Å². The van der Waals surface area contributed by atoms with Crippen LogP contribution < -0.4 is 5.32 Å². The lowest BCUT2D eigenvalue weighted by Crippen LogP contribution is -2.36. The van der Waals surface area contributed by atoms with Crippen molar-refractivity contribution in [1.82, 2.24) is 10.2 Å². The molecule has 2 heteroatoms. The molecular weight excluding hydrogens is 220 g/mol. The second kappa shape index (κ2) is 6.35. The van der Waals surface area contributed by atoms with Gasteiger partial charge < -0.3 is 10.2 Å². The van der Waals surface area contributed by atoms with E-state index in [4.69, 9.17) is 0 Å². The van der Waals surface area contributed by atoms with Gasteiger partial charge in [0.1, 0.15) is 0 Å². The van der Waals surface area contributed by atoms with Gasteiger partial charge in [0, 0.05) is 18.6 Å². The Kier molecular flexibility index (Phi) is 4.79. The first-order valence-corrected chi connectivity index (χ1v) is 7.22. The van der Waals surface area contributed by atoms with E-state index in [-0.39, 0.29) is 0 Å². The third kappa shape index (κ3) is 3.33. The van der Waals surface area contributed by atoms with Gasteiger partial charge in [-0.2, -0.15) is 0 Å². The van der Waals surface area contributed by atoms with E-state index in [1.165, 1.54) is 31.5 Å². The van der Waals surface area contributed by atoms with Crippen LogP contribution >= 0.6 is 0 Å². The largest absolute Gasteiger partial charge is 0.313 e. The molecule has 1 aromatic rings. The highest BCUT2D eigenvalue weighted by molar-refractivity contribution is 5.19. The van der Waals surface area contributed by atoms with Crippen LogP contribution in [0.15, 0.2) is 30.3 Å². The second-order valence-corrected chi connectivity index (χ2v) is 5.47. The van der Waals surface area contributed by atoms with Crippen LogP contribution in [0, 0.1) is 5.92 Å². The summed E-state index contributed by atoms with van der Waals surface area (Å²) >= 11 is 0. The van der Waals surface area contributed by atoms with Crippen LogP contribution in [0.1, 0.15) is 38.3 Å². The molecule has 1 aliphatic rings. The Morgan fingerprint density at radius 3 is 2.44 bits per heavy atom. The molecule has 1 aromatic carbocycles. The van der Waals surface area contributed by atoms with Crippen LogP contribution in [0.25, 0.3) is 0 Å². The quantitative estimate of drug-likeness (QED) is 0.795. The zero-order valence-electron chi connectivity index (χ0n) is 11.9. The molecule has 0 heterocycles. The number of nitrogens with zero attached hydrogens (tertiary/aromatic N) is 1. The Labute approximate surface area is 111 Å². The van der Waals surface area contributed by atoms with Gasteiger partial charge in [-0.1, -0.05) is 44.2 Å². The number of nitrogens with one attached hydrogen (secondary N) is 1. The van der Waals surface area contributed by atoms with Crippen LogP contribution in [0.4, 0.5) is 0 Å². The van der Waals surface area contributed by atoms with E-state index < -0.39 is 0 Å². The van der Waals surface area contributed by atoms with Crippen molar-refractivity contribution in [2.24, 2.45) is 5.92 Å². The first kappa shape index (κ1) is 13.6. The van der Waals surface area contributed by atoms with Crippen LogP contribution in [0.2, 0.25) is 0 Å². The minimum Gasteiger partial charge on any atom is -0.313 e. The fourth-order valence-corrected chi connectivity index (χ4v) is 2.89. The Bertz CT molecular complexity index is 345. The highest BCUT2D eigenvalue weighted by Gasteiger charge is 2.30. The lowest BCUT2D eigenvalue weighted by atomic mass is 9.94. The maximum absolute atomic E-state index is 3.48. The van der Waals surface area contributed by atoms with Gasteiger partial charge in [0.2, 0.25) is 0 Å². The first-order valence-electron chi connectivity index (χ1n) is 7.22. The van der Waals surface area contributed by atoms with Crippen LogP contribution in [0.3, 0.4) is 0 Å². The summed E-state index contributed by atoms with van der Waals surface area (Å²) in [6, 6.07) is 12.1. The number of hydrogen-bond donors (Lipinski definition) is 1. The van der Waals surface area contributed by atoms with E-state index in [9.17, 15) is 0 Å². The van der Waals surface area contributed by atoms with Crippen LogP contribution in [0.5, 0.6) is 0 Å². The smallest absolute Gasteiger partial charge is 0.0355 e. The van der Waals surface area contributed by atoms with Crippen molar-refractivity contribution < 1.29 is 0 Å². The van der Waals surface area contributed by atoms with Crippen molar-refractivity contribution in [2.45, 2.75) is 38.8 Å². The molecule has 100 valence electrons. The molecule has 2 atom stereocenters. The third-order valence-corrected chi connectivity index (χ3v) is 4.03. The average Bonchev–Trinajstić information content (AvgIpc) is 3.22. The van der Waals surface area contributed by atoms with Crippen molar-refractivity contribution in [2.75, 3.05) is 20.1 Å². The second-order valence-electron chi connectivity index (χ2n) is 5.47. The topological polar surface area (TPSA) is 15.3 Å². The normalized spacial score (nSPS) is 18.9. The number of rotatable bonds is 7. The van der Waals surface area contributed by atoms with Crippen LogP contribution in [-0.4, -0.2) is 31.1 Å². The molecule has 0 bridgehead atoms. The monoisotopic (exact) mass is 246 g/mol. The molecule has 1 N–H and O–H groups in total. The van der Waals surface area contributed by atoms with Gasteiger partial charge in [-0.05, 0) is 37.9 Å². The molecule has 1 fully saturated rings. The highest BCUT2D eigenvalue weighted by atomic mass is 15.2. The van der Waals surface area contributed by atoms with E-state index in [1.807, 2.05) is 0 Å². The molecule has 0 aromatic heterocycles. The molecule has 0 amide bonds. The summed E-state index contributed by atoms with van der Waals surface area (Å²) in [6.45, 7) is 7.02. The van der Waals surface area contributed by atoms with E-state index in [1.54, 1.807) is 0 Å². The van der Waals surface area contributed by atoms with E-state index in [0.717, 1.165) is 6.04 Å². The fourth-order valence-electron chi connectivity index (χ4n) is 2.89. The number of benzene rings is 1. The Morgan fingerprint density at radius 1 is 1.28 bits per heavy atom. The summed E-state index contributed by atoms with van der Waals surface area (Å²) in [7, 11) is 2.07. The Hall–Kier alpha value is -0.860. The predicted molar refractivity (Wildman–Crippen MR) is 77.7 cm³/mol. The molecule has 0 spiro atoms. The SMILES string of the molecule is CCN(CC(C)C(NC)c1ccccc1)C1CC1. The standard InChI is InChI=1S/C16H26N2/c1-4-18(15-10-11-15)12-13(2)16(17-3)14-8-6-5-7-9-14/h5-9,13,15-17H,4,10-12H2,1-3H3. The lowest BCUT2D eigenvalue weighted by Gasteiger charge is -2.30. The Morgan fingerprint density at radius 2 is 1.94 bits per heavy atom. The maximum atomic E-state index is 3.48. The van der Waals surface area contributed by atoms with Gasteiger partial charge in [0.05, 0.1) is 0 Å². The minimum atomic E-state index is 0.457. The van der Waals surface area contributed by atoms with Crippen LogP contribution in [-0.2, 0) is 0 Å². The average molecular weight is 246 g/mol. The third-order valence-electron chi connectivity index (χ3n) is 4.03. The van der Waals surface area contributed by atoms with Crippen molar-refractivity contribution >= 4 is 0 Å². The first-order chi connectivity index (χ1) is 8.76. The van der Waals surface area contributed by atoms with Crippen molar-refractivity contribution in [3.05, 3.63) is 35.9 Å². The summed E-state index contributed by atoms with van der Waals surface area (Å²) in [6.07, 6.45) is 2.80.